The maximum absolute atomic E-state index is 6.46. The van der Waals surface area contributed by atoms with Crippen molar-refractivity contribution in [2.24, 2.45) is 11.7 Å². The zero-order valence-corrected chi connectivity index (χ0v) is 14.1. The molecule has 2 heterocycles. The second-order valence-electron chi connectivity index (χ2n) is 6.20. The zero-order valence-electron chi connectivity index (χ0n) is 13.3. The van der Waals surface area contributed by atoms with Crippen molar-refractivity contribution in [2.75, 3.05) is 6.61 Å². The highest BCUT2D eigenvalue weighted by Crippen LogP contribution is 2.45. The van der Waals surface area contributed by atoms with Gasteiger partial charge in [-0.25, -0.2) is 0 Å². The van der Waals surface area contributed by atoms with Gasteiger partial charge in [0.15, 0.2) is 0 Å². The molecule has 0 saturated carbocycles. The van der Waals surface area contributed by atoms with E-state index in [0.29, 0.717) is 35.7 Å². The molecule has 121 valence electrons. The van der Waals surface area contributed by atoms with Gasteiger partial charge in [-0.05, 0) is 24.5 Å². The Kier molecular flexibility index (Phi) is 4.74. The summed E-state index contributed by atoms with van der Waals surface area (Å²) in [5, 5.41) is 0.482. The Morgan fingerprint density at radius 3 is 3.04 bits per heavy atom. The lowest BCUT2D eigenvalue weighted by molar-refractivity contribution is 0.266. The van der Waals surface area contributed by atoms with E-state index >= 15 is 0 Å². The third-order valence-corrected chi connectivity index (χ3v) is 4.12. The largest absolute Gasteiger partial charge is 0.490 e. The van der Waals surface area contributed by atoms with Crippen molar-refractivity contribution in [2.45, 2.75) is 32.9 Å². The molecule has 1 aliphatic rings. The summed E-state index contributed by atoms with van der Waals surface area (Å²) < 4.78 is 11.6. The number of pyridine rings is 1. The van der Waals surface area contributed by atoms with E-state index in [4.69, 9.17) is 26.8 Å². The van der Waals surface area contributed by atoms with Crippen LogP contribution in [0.2, 0.25) is 5.02 Å². The first-order valence-corrected chi connectivity index (χ1v) is 8.12. The van der Waals surface area contributed by atoms with Gasteiger partial charge in [0.1, 0.15) is 29.7 Å². The Bertz CT molecular complexity index is 703. The Morgan fingerprint density at radius 2 is 2.26 bits per heavy atom. The van der Waals surface area contributed by atoms with Gasteiger partial charge in [0, 0.05) is 41.2 Å². The molecule has 0 spiro atoms. The fraction of sp³-hybridized carbons (Fsp3) is 0.389. The van der Waals surface area contributed by atoms with E-state index in [9.17, 15) is 0 Å². The third-order valence-electron chi connectivity index (χ3n) is 3.77. The van der Waals surface area contributed by atoms with Crippen molar-refractivity contribution in [3.05, 3.63) is 41.2 Å². The molecule has 0 bridgehead atoms. The minimum atomic E-state index is -0.0110. The monoisotopic (exact) mass is 331 g/mol. The number of rotatable bonds is 5. The fourth-order valence-electron chi connectivity index (χ4n) is 2.75. The summed E-state index contributed by atoms with van der Waals surface area (Å²) in [7, 11) is 0. The quantitative estimate of drug-likeness (QED) is 0.904. The van der Waals surface area contributed by atoms with Gasteiger partial charge >= 0.3 is 0 Å². The highest BCUT2D eigenvalue weighted by Gasteiger charge is 2.22. The average Bonchev–Trinajstić information content (AvgIpc) is 2.53. The van der Waals surface area contributed by atoms with E-state index < -0.39 is 0 Å². The molecule has 1 unspecified atom stereocenters. The number of aromatic nitrogens is 1. The van der Waals surface area contributed by atoms with Crippen LogP contribution in [0.15, 0.2) is 24.5 Å². The van der Waals surface area contributed by atoms with Crippen molar-refractivity contribution < 1.29 is 9.47 Å². The maximum Gasteiger partial charge on any atom is 0.150 e. The zero-order chi connectivity index (χ0) is 16.4. The summed E-state index contributed by atoms with van der Waals surface area (Å²) in [5.74, 6) is 1.77. The molecular formula is C18H20ClN2O2. The molecule has 1 atom stereocenters. The first-order valence-electron chi connectivity index (χ1n) is 7.75. The average molecular weight is 332 g/mol. The van der Waals surface area contributed by atoms with Crippen LogP contribution < -0.4 is 15.2 Å². The van der Waals surface area contributed by atoms with Crippen molar-refractivity contribution in [3.63, 3.8) is 0 Å². The summed E-state index contributed by atoms with van der Waals surface area (Å²) in [5.41, 5.74) is 8.96. The van der Waals surface area contributed by atoms with Crippen LogP contribution in [0.4, 0.5) is 0 Å². The van der Waals surface area contributed by atoms with Gasteiger partial charge in [-0.15, -0.1) is 0 Å². The van der Waals surface area contributed by atoms with Crippen LogP contribution in [0.25, 0.3) is 11.1 Å². The van der Waals surface area contributed by atoms with Crippen molar-refractivity contribution in [1.82, 2.24) is 4.98 Å². The number of halogens is 1. The predicted octanol–water partition coefficient (Wildman–Crippen LogP) is 3.85. The standard InChI is InChI=1S/C18H20ClN2O2/c1-11(2)7-13(20)10-22-16-4-3-15-14-5-6-21-8-12(14)9-23-18(15)17(16)19/h3-4,6,8,11,13H,7,9-10,20H2,1-2H3. The first kappa shape index (κ1) is 16.1. The molecule has 5 heteroatoms. The Labute approximate surface area is 141 Å². The van der Waals surface area contributed by atoms with Crippen LogP contribution >= 0.6 is 11.6 Å². The minimum Gasteiger partial charge on any atom is -0.490 e. The number of nitrogens with two attached hydrogens (primary N) is 1. The topological polar surface area (TPSA) is 57.4 Å². The van der Waals surface area contributed by atoms with Crippen LogP contribution in [-0.2, 0) is 6.61 Å². The molecule has 1 radical (unpaired) electrons. The van der Waals surface area contributed by atoms with Gasteiger partial charge in [0.05, 0.1) is 0 Å². The van der Waals surface area contributed by atoms with Crippen molar-refractivity contribution in [3.8, 4) is 22.6 Å². The summed E-state index contributed by atoms with van der Waals surface area (Å²) >= 11 is 6.46. The van der Waals surface area contributed by atoms with E-state index in [1.165, 1.54) is 0 Å². The first-order chi connectivity index (χ1) is 11.1. The predicted molar refractivity (Wildman–Crippen MR) is 90.8 cm³/mol. The number of ether oxygens (including phenoxy) is 2. The summed E-state index contributed by atoms with van der Waals surface area (Å²) in [6.07, 6.45) is 4.35. The lowest BCUT2D eigenvalue weighted by atomic mass is 9.99. The van der Waals surface area contributed by atoms with E-state index in [2.05, 4.69) is 24.9 Å². The fourth-order valence-corrected chi connectivity index (χ4v) is 3.03. The molecule has 2 N–H and O–H groups in total. The second kappa shape index (κ2) is 6.77. The van der Waals surface area contributed by atoms with Crippen LogP contribution in [0.5, 0.6) is 11.5 Å². The summed E-state index contributed by atoms with van der Waals surface area (Å²) in [4.78, 5) is 4.08. The molecule has 23 heavy (non-hydrogen) atoms. The van der Waals surface area contributed by atoms with Gasteiger partial charge in [-0.3, -0.25) is 4.98 Å². The van der Waals surface area contributed by atoms with E-state index in [1.54, 1.807) is 12.4 Å². The van der Waals surface area contributed by atoms with Crippen molar-refractivity contribution >= 4 is 11.6 Å². The van der Waals surface area contributed by atoms with E-state index in [0.717, 1.165) is 23.1 Å². The van der Waals surface area contributed by atoms with E-state index in [-0.39, 0.29) is 6.04 Å². The number of hydrogen-bond acceptors (Lipinski definition) is 4. The smallest absolute Gasteiger partial charge is 0.150 e. The van der Waals surface area contributed by atoms with Crippen LogP contribution in [-0.4, -0.2) is 17.6 Å². The summed E-state index contributed by atoms with van der Waals surface area (Å²) in [6, 6.07) is 6.94. The Hall–Kier alpha value is -1.78. The number of hydrogen-bond donors (Lipinski definition) is 1. The molecule has 0 fully saturated rings. The Balaban J connectivity index is 1.81. The van der Waals surface area contributed by atoms with Crippen molar-refractivity contribution in [1.29, 1.82) is 0 Å². The molecule has 3 rings (SSSR count). The molecule has 2 aromatic rings. The Morgan fingerprint density at radius 1 is 1.43 bits per heavy atom. The second-order valence-corrected chi connectivity index (χ2v) is 6.57. The highest BCUT2D eigenvalue weighted by atomic mass is 35.5. The molecule has 0 amide bonds. The molecule has 1 aromatic heterocycles. The molecular weight excluding hydrogens is 312 g/mol. The van der Waals surface area contributed by atoms with Gasteiger partial charge in [-0.1, -0.05) is 25.4 Å². The molecule has 0 aliphatic carbocycles. The normalized spacial score (nSPS) is 14.0. The third kappa shape index (κ3) is 3.43. The van der Waals surface area contributed by atoms with Gasteiger partial charge in [0.2, 0.25) is 0 Å². The minimum absolute atomic E-state index is 0.0110. The number of nitrogens with zero attached hydrogens (tertiary/aromatic N) is 1. The van der Waals surface area contributed by atoms with Gasteiger partial charge < -0.3 is 15.2 Å². The molecule has 1 aliphatic heterocycles. The van der Waals surface area contributed by atoms with Gasteiger partial charge in [-0.2, -0.15) is 0 Å². The highest BCUT2D eigenvalue weighted by molar-refractivity contribution is 6.34. The maximum atomic E-state index is 6.46. The number of fused-ring (bicyclic) bond motifs is 3. The molecule has 0 saturated heterocycles. The van der Waals surface area contributed by atoms with Crippen LogP contribution in [0, 0.1) is 12.0 Å². The van der Waals surface area contributed by atoms with Crippen LogP contribution in [0.1, 0.15) is 25.8 Å². The lowest BCUT2D eigenvalue weighted by Gasteiger charge is -2.23. The van der Waals surface area contributed by atoms with E-state index in [1.807, 2.05) is 12.1 Å². The molecule has 1 aromatic carbocycles. The van der Waals surface area contributed by atoms with Crippen LogP contribution in [0.3, 0.4) is 0 Å². The SMILES string of the molecule is CC(C)CC(N)COc1ccc2c(c1Cl)OCc1cnc[c]c1-2. The molecule has 4 nitrogen and oxygen atoms in total. The number of benzene rings is 1. The lowest BCUT2D eigenvalue weighted by Crippen LogP contribution is -2.29. The van der Waals surface area contributed by atoms with Gasteiger partial charge in [0.25, 0.3) is 0 Å². The summed E-state index contributed by atoms with van der Waals surface area (Å²) in [6.45, 7) is 5.15.